The smallest absolute Gasteiger partial charge is 0.277 e. The predicted molar refractivity (Wildman–Crippen MR) is 110 cm³/mol. The average molecular weight is 421 g/mol. The number of nitrogens with zero attached hydrogens (tertiary/aromatic N) is 2. The van der Waals surface area contributed by atoms with Gasteiger partial charge in [-0.3, -0.25) is 9.63 Å². The van der Waals surface area contributed by atoms with Crippen molar-refractivity contribution < 1.29 is 19.1 Å². The number of carbonyl (C=O) groups excluding carboxylic acids is 1. The zero-order valence-corrected chi connectivity index (χ0v) is 17.3. The number of hydrogen-bond acceptors (Lipinski definition) is 5. The fraction of sp³-hybridized carbons (Fsp3) is 0.300. The fourth-order valence-corrected chi connectivity index (χ4v) is 2.94. The average Bonchev–Trinajstić information content (AvgIpc) is 3.05. The minimum atomic E-state index is -1.00. The Labute approximate surface area is 172 Å². The van der Waals surface area contributed by atoms with Gasteiger partial charge in [0.15, 0.2) is 5.82 Å². The van der Waals surface area contributed by atoms with Gasteiger partial charge in [0, 0.05) is 7.05 Å². The van der Waals surface area contributed by atoms with Crippen molar-refractivity contribution in [2.24, 2.45) is 7.05 Å². The molecule has 1 aromatic heterocycles. The molecule has 0 aliphatic heterocycles. The van der Waals surface area contributed by atoms with Crippen LogP contribution in [0.15, 0.2) is 30.6 Å². The first-order valence-electron chi connectivity index (χ1n) is 8.89. The lowest BCUT2D eigenvalue weighted by Crippen LogP contribution is -2.38. The number of benzene rings is 2. The van der Waals surface area contributed by atoms with E-state index in [0.717, 1.165) is 5.56 Å². The van der Waals surface area contributed by atoms with Crippen molar-refractivity contribution in [3.05, 3.63) is 52.6 Å². The third-order valence-corrected chi connectivity index (χ3v) is 4.70. The fourth-order valence-electron chi connectivity index (χ4n) is 2.65. The van der Waals surface area contributed by atoms with E-state index in [9.17, 15) is 9.90 Å². The van der Waals surface area contributed by atoms with E-state index in [4.69, 9.17) is 16.4 Å². The number of amides is 1. The second-order valence-electron chi connectivity index (χ2n) is 7.40. The zero-order valence-electron chi connectivity index (χ0n) is 16.5. The van der Waals surface area contributed by atoms with Crippen LogP contribution in [0.5, 0.6) is 0 Å². The van der Waals surface area contributed by atoms with E-state index in [-0.39, 0.29) is 23.4 Å². The number of hydrogen-bond donors (Lipinski definition) is 3. The molecular weight excluding hydrogens is 399 g/mol. The van der Waals surface area contributed by atoms with Crippen LogP contribution in [0.2, 0.25) is 5.02 Å². The number of halogens is 2. The first-order chi connectivity index (χ1) is 13.6. The number of aliphatic hydroxyl groups excluding tert-OH is 1. The molecule has 1 amide bonds. The summed E-state index contributed by atoms with van der Waals surface area (Å²) in [6.45, 7) is 4.77. The summed E-state index contributed by atoms with van der Waals surface area (Å²) in [4.78, 5) is 22.1. The number of aliphatic hydroxyl groups is 1. The van der Waals surface area contributed by atoms with Gasteiger partial charge in [-0.2, -0.15) is 0 Å². The molecule has 0 aliphatic carbocycles. The van der Waals surface area contributed by atoms with Gasteiger partial charge in [-0.25, -0.2) is 14.9 Å². The van der Waals surface area contributed by atoms with Crippen molar-refractivity contribution in [1.29, 1.82) is 0 Å². The van der Waals surface area contributed by atoms with Crippen molar-refractivity contribution in [1.82, 2.24) is 15.0 Å². The summed E-state index contributed by atoms with van der Waals surface area (Å²) in [5.74, 6) is -1.37. The number of fused-ring (bicyclic) bond motifs is 1. The van der Waals surface area contributed by atoms with E-state index in [0.29, 0.717) is 16.2 Å². The highest BCUT2D eigenvalue weighted by Gasteiger charge is 2.24. The number of nitrogens with one attached hydrogen (secondary N) is 2. The molecule has 0 fully saturated rings. The standard InChI is InChI=1S/C20H22ClFN4O3/c1-11-5-6-14(13(21)7-11)24-17-12(19(28)25-29-20(2,3)9-27)8-15-18(16(17)22)23-10-26(15)4/h5-8,10,24,27H,9H2,1-4H3,(H,25,28). The van der Waals surface area contributed by atoms with Crippen molar-refractivity contribution >= 4 is 39.9 Å². The van der Waals surface area contributed by atoms with Gasteiger partial charge in [0.2, 0.25) is 0 Å². The number of anilines is 2. The van der Waals surface area contributed by atoms with Crippen molar-refractivity contribution in [2.75, 3.05) is 11.9 Å². The van der Waals surface area contributed by atoms with E-state index < -0.39 is 17.3 Å². The van der Waals surface area contributed by atoms with Crippen LogP contribution in [0.4, 0.5) is 15.8 Å². The third kappa shape index (κ3) is 4.34. The molecule has 7 nitrogen and oxygen atoms in total. The molecule has 29 heavy (non-hydrogen) atoms. The molecule has 0 saturated carbocycles. The summed E-state index contributed by atoms with van der Waals surface area (Å²) in [6.07, 6.45) is 1.46. The van der Waals surface area contributed by atoms with Crippen molar-refractivity contribution in [3.8, 4) is 0 Å². The number of aryl methyl sites for hydroxylation is 2. The molecule has 0 bridgehead atoms. The molecule has 2 aromatic carbocycles. The van der Waals surface area contributed by atoms with Crippen LogP contribution < -0.4 is 10.8 Å². The van der Waals surface area contributed by atoms with Gasteiger partial charge in [-0.1, -0.05) is 17.7 Å². The molecule has 0 aliphatic rings. The van der Waals surface area contributed by atoms with Crippen LogP contribution in [0.3, 0.4) is 0 Å². The highest BCUT2D eigenvalue weighted by molar-refractivity contribution is 6.33. The molecule has 3 aromatic rings. The molecule has 154 valence electrons. The minimum absolute atomic E-state index is 0.00369. The maximum absolute atomic E-state index is 15.3. The van der Waals surface area contributed by atoms with Gasteiger partial charge in [0.05, 0.1) is 40.4 Å². The lowest BCUT2D eigenvalue weighted by Gasteiger charge is -2.22. The summed E-state index contributed by atoms with van der Waals surface area (Å²) >= 11 is 6.27. The van der Waals surface area contributed by atoms with Gasteiger partial charge >= 0.3 is 0 Å². The Morgan fingerprint density at radius 2 is 2.10 bits per heavy atom. The molecule has 0 radical (unpaired) electrons. The lowest BCUT2D eigenvalue weighted by atomic mass is 10.1. The number of aromatic nitrogens is 2. The summed E-state index contributed by atoms with van der Waals surface area (Å²) < 4.78 is 16.9. The van der Waals surface area contributed by atoms with E-state index in [1.165, 1.54) is 12.4 Å². The zero-order chi connectivity index (χ0) is 21.3. The van der Waals surface area contributed by atoms with Crippen molar-refractivity contribution in [3.63, 3.8) is 0 Å². The summed E-state index contributed by atoms with van der Waals surface area (Å²) in [5.41, 5.74) is 3.14. The van der Waals surface area contributed by atoms with E-state index >= 15 is 4.39 Å². The maximum Gasteiger partial charge on any atom is 0.277 e. The number of hydroxylamine groups is 1. The second-order valence-corrected chi connectivity index (χ2v) is 7.80. The molecular formula is C20H22ClFN4O3. The molecule has 0 unspecified atom stereocenters. The monoisotopic (exact) mass is 420 g/mol. The molecule has 1 heterocycles. The Morgan fingerprint density at radius 1 is 1.38 bits per heavy atom. The number of rotatable bonds is 6. The van der Waals surface area contributed by atoms with E-state index in [1.807, 2.05) is 13.0 Å². The lowest BCUT2D eigenvalue weighted by molar-refractivity contribution is -0.0956. The van der Waals surface area contributed by atoms with Crippen LogP contribution in [0, 0.1) is 12.7 Å². The van der Waals surface area contributed by atoms with Gasteiger partial charge in [0.25, 0.3) is 5.91 Å². The Hall–Kier alpha value is -2.68. The van der Waals surface area contributed by atoms with Crippen LogP contribution in [0.25, 0.3) is 11.0 Å². The van der Waals surface area contributed by atoms with Gasteiger partial charge in [0.1, 0.15) is 11.1 Å². The molecule has 0 spiro atoms. The van der Waals surface area contributed by atoms with Crippen LogP contribution >= 0.6 is 11.6 Å². The Balaban J connectivity index is 2.07. The molecule has 3 N–H and O–H groups in total. The Bertz CT molecular complexity index is 1080. The normalized spacial score (nSPS) is 11.7. The summed E-state index contributed by atoms with van der Waals surface area (Å²) in [6, 6.07) is 6.76. The molecule has 3 rings (SSSR count). The number of imidazole rings is 1. The predicted octanol–water partition coefficient (Wildman–Crippen LogP) is 3.85. The molecule has 0 atom stereocenters. The minimum Gasteiger partial charge on any atom is -0.393 e. The summed E-state index contributed by atoms with van der Waals surface area (Å²) in [5, 5.41) is 12.6. The largest absolute Gasteiger partial charge is 0.393 e. The highest BCUT2D eigenvalue weighted by Crippen LogP contribution is 2.33. The van der Waals surface area contributed by atoms with E-state index in [1.54, 1.807) is 37.6 Å². The first-order valence-corrected chi connectivity index (χ1v) is 9.26. The van der Waals surface area contributed by atoms with Gasteiger partial charge in [-0.05, 0) is 44.5 Å². The maximum atomic E-state index is 15.3. The summed E-state index contributed by atoms with van der Waals surface area (Å²) in [7, 11) is 1.70. The van der Waals surface area contributed by atoms with Crippen LogP contribution in [0.1, 0.15) is 29.8 Å². The number of carbonyl (C=O) groups is 1. The molecule has 9 heteroatoms. The Kier molecular flexibility index (Phi) is 5.79. The highest BCUT2D eigenvalue weighted by atomic mass is 35.5. The first kappa shape index (κ1) is 21.0. The van der Waals surface area contributed by atoms with E-state index in [2.05, 4.69) is 15.8 Å². The third-order valence-electron chi connectivity index (χ3n) is 4.39. The van der Waals surface area contributed by atoms with Crippen molar-refractivity contribution in [2.45, 2.75) is 26.4 Å². The topological polar surface area (TPSA) is 88.4 Å². The van der Waals surface area contributed by atoms with Gasteiger partial charge < -0.3 is 15.0 Å². The SMILES string of the molecule is Cc1ccc(Nc2c(C(=O)NOC(C)(C)CO)cc3c(ncn3C)c2F)c(Cl)c1. The quantitative estimate of drug-likeness (QED) is 0.527. The van der Waals surface area contributed by atoms with Crippen LogP contribution in [-0.4, -0.2) is 32.8 Å². The Morgan fingerprint density at radius 3 is 2.76 bits per heavy atom. The molecule has 0 saturated heterocycles. The van der Waals surface area contributed by atoms with Gasteiger partial charge in [-0.15, -0.1) is 0 Å². The second kappa shape index (κ2) is 7.98. The van der Waals surface area contributed by atoms with Crippen LogP contribution in [-0.2, 0) is 11.9 Å².